The number of carbonyl (C=O) groups is 1. The van der Waals surface area contributed by atoms with E-state index in [1.807, 2.05) is 38.1 Å². The molecule has 0 spiro atoms. The summed E-state index contributed by atoms with van der Waals surface area (Å²) in [5.41, 5.74) is 1.75. The summed E-state index contributed by atoms with van der Waals surface area (Å²) in [5, 5.41) is 13.4. The molecule has 1 aliphatic heterocycles. The zero-order chi connectivity index (χ0) is 16.4. The summed E-state index contributed by atoms with van der Waals surface area (Å²) in [6, 6.07) is 7.68. The molecule has 1 heterocycles. The molecule has 23 heavy (non-hydrogen) atoms. The summed E-state index contributed by atoms with van der Waals surface area (Å²) < 4.78 is 5.40. The molecule has 1 amide bonds. The number of hydrogen-bond acceptors (Lipinski definition) is 3. The Morgan fingerprint density at radius 3 is 2.74 bits per heavy atom. The summed E-state index contributed by atoms with van der Waals surface area (Å²) in [5.74, 6) is 0.579. The molecule has 2 aliphatic rings. The van der Waals surface area contributed by atoms with Gasteiger partial charge in [0, 0.05) is 25.0 Å². The number of aliphatic hydroxyl groups is 1. The standard InChI is InChI=1S/C19H27NO3/c1-19(2,12-13-7-9-23-10-8-13)18(22)20-17-15-6-4-3-5-14(15)11-16(17)21/h3-6,13,16-17,21H,7-12H2,1-2H3,(H,20,22)/t16-,17+/m1/s1. The molecular weight excluding hydrogens is 290 g/mol. The highest BCUT2D eigenvalue weighted by Gasteiger charge is 2.37. The Hall–Kier alpha value is -1.39. The molecule has 0 saturated carbocycles. The van der Waals surface area contributed by atoms with Gasteiger partial charge >= 0.3 is 0 Å². The molecule has 1 fully saturated rings. The molecule has 4 heteroatoms. The van der Waals surface area contributed by atoms with Crippen molar-refractivity contribution in [1.29, 1.82) is 0 Å². The van der Waals surface area contributed by atoms with E-state index in [2.05, 4.69) is 5.32 Å². The van der Waals surface area contributed by atoms with Crippen LogP contribution in [0.2, 0.25) is 0 Å². The summed E-state index contributed by atoms with van der Waals surface area (Å²) in [7, 11) is 0. The number of hydrogen-bond donors (Lipinski definition) is 2. The van der Waals surface area contributed by atoms with E-state index in [4.69, 9.17) is 4.74 Å². The molecule has 0 radical (unpaired) electrons. The van der Waals surface area contributed by atoms with E-state index in [0.717, 1.165) is 43.6 Å². The molecule has 2 atom stereocenters. The maximum atomic E-state index is 12.8. The largest absolute Gasteiger partial charge is 0.390 e. The van der Waals surface area contributed by atoms with Gasteiger partial charge in [0.2, 0.25) is 5.91 Å². The van der Waals surface area contributed by atoms with Crippen LogP contribution < -0.4 is 5.32 Å². The Labute approximate surface area is 138 Å². The number of nitrogens with one attached hydrogen (secondary N) is 1. The summed E-state index contributed by atoms with van der Waals surface area (Å²) >= 11 is 0. The van der Waals surface area contributed by atoms with Crippen molar-refractivity contribution >= 4 is 5.91 Å². The third kappa shape index (κ3) is 3.59. The van der Waals surface area contributed by atoms with Gasteiger partial charge in [-0.2, -0.15) is 0 Å². The molecule has 1 aliphatic carbocycles. The van der Waals surface area contributed by atoms with Crippen LogP contribution in [0.3, 0.4) is 0 Å². The van der Waals surface area contributed by atoms with Crippen molar-refractivity contribution in [1.82, 2.24) is 5.32 Å². The third-order valence-corrected chi connectivity index (χ3v) is 5.25. The van der Waals surface area contributed by atoms with Gasteiger partial charge < -0.3 is 15.2 Å². The molecule has 0 unspecified atom stereocenters. The van der Waals surface area contributed by atoms with Gasteiger partial charge in [-0.1, -0.05) is 38.1 Å². The van der Waals surface area contributed by atoms with Crippen LogP contribution in [-0.2, 0) is 16.0 Å². The number of aliphatic hydroxyl groups excluding tert-OH is 1. The molecule has 3 rings (SSSR count). The summed E-state index contributed by atoms with van der Waals surface area (Å²) in [6.45, 7) is 5.62. The van der Waals surface area contributed by atoms with Crippen LogP contribution in [0.5, 0.6) is 0 Å². The second-order valence-electron chi connectivity index (χ2n) is 7.57. The lowest BCUT2D eigenvalue weighted by atomic mass is 9.79. The first-order valence-electron chi connectivity index (χ1n) is 8.62. The lowest BCUT2D eigenvalue weighted by molar-refractivity contribution is -0.132. The molecule has 1 aromatic carbocycles. The van der Waals surface area contributed by atoms with Crippen molar-refractivity contribution in [2.45, 2.75) is 51.7 Å². The lowest BCUT2D eigenvalue weighted by Crippen LogP contribution is -2.43. The second-order valence-corrected chi connectivity index (χ2v) is 7.57. The molecule has 2 N–H and O–H groups in total. The number of ether oxygens (including phenoxy) is 1. The van der Waals surface area contributed by atoms with E-state index >= 15 is 0 Å². The number of carbonyl (C=O) groups excluding carboxylic acids is 1. The Bertz CT molecular complexity index is 563. The van der Waals surface area contributed by atoms with Crippen LogP contribution in [0.4, 0.5) is 0 Å². The first-order chi connectivity index (χ1) is 11.0. The van der Waals surface area contributed by atoms with Gasteiger partial charge in [0.1, 0.15) is 0 Å². The molecule has 1 saturated heterocycles. The first kappa shape index (κ1) is 16.5. The van der Waals surface area contributed by atoms with E-state index in [1.54, 1.807) is 0 Å². The van der Waals surface area contributed by atoms with Gasteiger partial charge in [-0.15, -0.1) is 0 Å². The smallest absolute Gasteiger partial charge is 0.226 e. The third-order valence-electron chi connectivity index (χ3n) is 5.25. The average molecular weight is 317 g/mol. The zero-order valence-electron chi connectivity index (χ0n) is 14.0. The van der Waals surface area contributed by atoms with Crippen LogP contribution in [-0.4, -0.2) is 30.3 Å². The maximum Gasteiger partial charge on any atom is 0.226 e. The van der Waals surface area contributed by atoms with Gasteiger partial charge in [-0.3, -0.25) is 4.79 Å². The zero-order valence-corrected chi connectivity index (χ0v) is 14.0. The van der Waals surface area contributed by atoms with Crippen molar-refractivity contribution in [3.8, 4) is 0 Å². The summed E-state index contributed by atoms with van der Waals surface area (Å²) in [6.07, 6.45) is 3.01. The fraction of sp³-hybridized carbons (Fsp3) is 0.632. The topological polar surface area (TPSA) is 58.6 Å². The fourth-order valence-electron chi connectivity index (χ4n) is 3.85. The van der Waals surface area contributed by atoms with Crippen molar-refractivity contribution in [2.24, 2.45) is 11.3 Å². The Balaban J connectivity index is 1.66. The lowest BCUT2D eigenvalue weighted by Gasteiger charge is -2.32. The van der Waals surface area contributed by atoms with Gasteiger partial charge in [-0.05, 0) is 36.3 Å². The molecule has 4 nitrogen and oxygen atoms in total. The predicted octanol–water partition coefficient (Wildman–Crippen LogP) is 2.60. The molecule has 1 aromatic rings. The van der Waals surface area contributed by atoms with Gasteiger partial charge in [0.25, 0.3) is 0 Å². The fourth-order valence-corrected chi connectivity index (χ4v) is 3.85. The van der Waals surface area contributed by atoms with Crippen LogP contribution in [0.25, 0.3) is 0 Å². The minimum atomic E-state index is -0.532. The van der Waals surface area contributed by atoms with E-state index in [1.165, 1.54) is 0 Å². The minimum Gasteiger partial charge on any atom is -0.390 e. The highest BCUT2D eigenvalue weighted by Crippen LogP contribution is 2.35. The van der Waals surface area contributed by atoms with Crippen LogP contribution in [0.15, 0.2) is 24.3 Å². The van der Waals surface area contributed by atoms with Crippen molar-refractivity contribution < 1.29 is 14.6 Å². The molecule has 0 bridgehead atoms. The highest BCUT2D eigenvalue weighted by molar-refractivity contribution is 5.82. The average Bonchev–Trinajstić information content (AvgIpc) is 2.84. The van der Waals surface area contributed by atoms with Crippen molar-refractivity contribution in [3.63, 3.8) is 0 Å². The molecule has 0 aromatic heterocycles. The number of rotatable bonds is 4. The van der Waals surface area contributed by atoms with Gasteiger partial charge in [0.15, 0.2) is 0 Å². The molecule has 126 valence electrons. The normalized spacial score (nSPS) is 25.2. The van der Waals surface area contributed by atoms with E-state index in [-0.39, 0.29) is 11.9 Å². The maximum absolute atomic E-state index is 12.8. The monoisotopic (exact) mass is 317 g/mol. The number of amides is 1. The van der Waals surface area contributed by atoms with E-state index in [9.17, 15) is 9.90 Å². The van der Waals surface area contributed by atoms with E-state index in [0.29, 0.717) is 12.3 Å². The molecular formula is C19H27NO3. The van der Waals surface area contributed by atoms with Crippen LogP contribution in [0.1, 0.15) is 50.3 Å². The quantitative estimate of drug-likeness (QED) is 0.897. The Morgan fingerprint density at radius 1 is 1.30 bits per heavy atom. The first-order valence-corrected chi connectivity index (χ1v) is 8.62. The highest BCUT2D eigenvalue weighted by atomic mass is 16.5. The second kappa shape index (κ2) is 6.62. The summed E-state index contributed by atoms with van der Waals surface area (Å²) in [4.78, 5) is 12.8. The predicted molar refractivity (Wildman–Crippen MR) is 89.0 cm³/mol. The van der Waals surface area contributed by atoms with Crippen molar-refractivity contribution in [3.05, 3.63) is 35.4 Å². The van der Waals surface area contributed by atoms with Gasteiger partial charge in [0.05, 0.1) is 12.1 Å². The van der Waals surface area contributed by atoms with Gasteiger partial charge in [-0.25, -0.2) is 0 Å². The minimum absolute atomic E-state index is 0.0322. The van der Waals surface area contributed by atoms with Crippen molar-refractivity contribution in [2.75, 3.05) is 13.2 Å². The number of benzene rings is 1. The van der Waals surface area contributed by atoms with E-state index < -0.39 is 11.5 Å². The Morgan fingerprint density at radius 2 is 2.00 bits per heavy atom. The van der Waals surface area contributed by atoms with Crippen LogP contribution >= 0.6 is 0 Å². The van der Waals surface area contributed by atoms with Crippen LogP contribution in [0, 0.1) is 11.3 Å². The number of fused-ring (bicyclic) bond motifs is 1. The SMILES string of the molecule is CC(C)(CC1CCOCC1)C(=O)N[C@H]1c2ccccc2C[C@H]1O. The Kier molecular flexibility index (Phi) is 4.74.